The lowest BCUT2D eigenvalue weighted by atomic mass is 9.59. The van der Waals surface area contributed by atoms with Crippen LogP contribution < -0.4 is 5.32 Å². The standard InChI is InChI=1S/C16H31N/c1-7-17-13(11(2)3)14-15(4,5)12-8-9-16(14,6)10-12/h11-14,17H,7-10H2,1-6H3. The van der Waals surface area contributed by atoms with Crippen LogP contribution in [0, 0.1) is 28.6 Å². The van der Waals surface area contributed by atoms with Crippen molar-refractivity contribution in [3.05, 3.63) is 0 Å². The lowest BCUT2D eigenvalue weighted by Gasteiger charge is -2.48. The fourth-order valence-electron chi connectivity index (χ4n) is 5.21. The molecule has 0 aromatic carbocycles. The molecule has 0 saturated heterocycles. The highest BCUT2D eigenvalue weighted by atomic mass is 14.9. The van der Waals surface area contributed by atoms with E-state index in [1.54, 1.807) is 0 Å². The van der Waals surface area contributed by atoms with Gasteiger partial charge in [0, 0.05) is 6.04 Å². The molecule has 0 aromatic rings. The van der Waals surface area contributed by atoms with Crippen LogP contribution in [0.15, 0.2) is 0 Å². The number of rotatable bonds is 4. The Morgan fingerprint density at radius 1 is 1.24 bits per heavy atom. The van der Waals surface area contributed by atoms with Crippen LogP contribution in [0.2, 0.25) is 0 Å². The molecule has 1 heteroatoms. The summed E-state index contributed by atoms with van der Waals surface area (Å²) in [6.07, 6.45) is 4.40. The van der Waals surface area contributed by atoms with Crippen molar-refractivity contribution in [2.24, 2.45) is 28.6 Å². The Morgan fingerprint density at radius 3 is 2.29 bits per heavy atom. The van der Waals surface area contributed by atoms with Gasteiger partial charge in [0.15, 0.2) is 0 Å². The normalized spacial score (nSPS) is 41.1. The zero-order valence-electron chi connectivity index (χ0n) is 12.6. The molecule has 2 fully saturated rings. The van der Waals surface area contributed by atoms with Gasteiger partial charge >= 0.3 is 0 Å². The third-order valence-corrected chi connectivity index (χ3v) is 5.90. The summed E-state index contributed by atoms with van der Waals surface area (Å²) in [5.41, 5.74) is 1.13. The highest BCUT2D eigenvalue weighted by Gasteiger charge is 2.61. The second kappa shape index (κ2) is 4.26. The molecule has 100 valence electrons. The monoisotopic (exact) mass is 237 g/mol. The zero-order valence-corrected chi connectivity index (χ0v) is 12.6. The quantitative estimate of drug-likeness (QED) is 0.777. The van der Waals surface area contributed by atoms with E-state index in [4.69, 9.17) is 0 Å². The maximum Gasteiger partial charge on any atom is 0.0129 e. The maximum absolute atomic E-state index is 3.79. The molecule has 0 radical (unpaired) electrons. The first-order chi connectivity index (χ1) is 7.83. The van der Waals surface area contributed by atoms with Crippen LogP contribution in [0.5, 0.6) is 0 Å². The van der Waals surface area contributed by atoms with E-state index in [0.29, 0.717) is 16.9 Å². The molecule has 17 heavy (non-hydrogen) atoms. The molecule has 1 N–H and O–H groups in total. The number of fused-ring (bicyclic) bond motifs is 2. The Bertz CT molecular complexity index is 276. The second-order valence-electron chi connectivity index (χ2n) is 7.72. The lowest BCUT2D eigenvalue weighted by molar-refractivity contribution is 0.0264. The van der Waals surface area contributed by atoms with E-state index in [9.17, 15) is 0 Å². The first-order valence-electron chi connectivity index (χ1n) is 7.56. The largest absolute Gasteiger partial charge is 0.314 e. The van der Waals surface area contributed by atoms with Crippen molar-refractivity contribution < 1.29 is 0 Å². The average Bonchev–Trinajstić information content (AvgIpc) is 2.67. The summed E-state index contributed by atoms with van der Waals surface area (Å²) in [5, 5.41) is 3.79. The molecule has 0 amide bonds. The summed E-state index contributed by atoms with van der Waals surface area (Å²) >= 11 is 0. The van der Waals surface area contributed by atoms with Crippen LogP contribution in [0.1, 0.15) is 60.8 Å². The SMILES string of the molecule is CCNC(C(C)C)C1C2(C)CCC(C2)C1(C)C. The molecule has 0 heterocycles. The molecule has 2 bridgehead atoms. The van der Waals surface area contributed by atoms with E-state index in [-0.39, 0.29) is 0 Å². The Balaban J connectivity index is 2.28. The summed E-state index contributed by atoms with van der Waals surface area (Å²) in [4.78, 5) is 0. The Hall–Kier alpha value is -0.0400. The van der Waals surface area contributed by atoms with E-state index in [1.807, 2.05) is 0 Å². The van der Waals surface area contributed by atoms with Crippen LogP contribution in [-0.4, -0.2) is 12.6 Å². The van der Waals surface area contributed by atoms with E-state index in [2.05, 4.69) is 46.9 Å². The second-order valence-corrected chi connectivity index (χ2v) is 7.72. The zero-order chi connectivity index (χ0) is 12.8. The predicted octanol–water partition coefficient (Wildman–Crippen LogP) is 4.08. The molecule has 2 aliphatic rings. The molecule has 0 spiro atoms. The van der Waals surface area contributed by atoms with E-state index in [1.165, 1.54) is 19.3 Å². The molecule has 4 atom stereocenters. The fraction of sp³-hybridized carbons (Fsp3) is 1.00. The molecule has 1 nitrogen and oxygen atoms in total. The summed E-state index contributed by atoms with van der Waals surface area (Å²) < 4.78 is 0. The van der Waals surface area contributed by atoms with Crippen molar-refractivity contribution in [2.45, 2.75) is 66.8 Å². The molecular weight excluding hydrogens is 206 g/mol. The van der Waals surface area contributed by atoms with Gasteiger partial charge in [-0.05, 0) is 54.4 Å². The Morgan fingerprint density at radius 2 is 1.88 bits per heavy atom. The average molecular weight is 237 g/mol. The van der Waals surface area contributed by atoms with Gasteiger partial charge in [-0.25, -0.2) is 0 Å². The molecule has 2 saturated carbocycles. The molecule has 2 aliphatic carbocycles. The molecular formula is C16H31N. The molecule has 4 unspecified atom stereocenters. The number of nitrogens with one attached hydrogen (secondary N) is 1. The van der Waals surface area contributed by atoms with Gasteiger partial charge in [0.05, 0.1) is 0 Å². The van der Waals surface area contributed by atoms with Crippen molar-refractivity contribution in [3.8, 4) is 0 Å². The number of hydrogen-bond acceptors (Lipinski definition) is 1. The van der Waals surface area contributed by atoms with Crippen LogP contribution in [-0.2, 0) is 0 Å². The first-order valence-corrected chi connectivity index (χ1v) is 7.56. The van der Waals surface area contributed by atoms with Gasteiger partial charge in [0.2, 0.25) is 0 Å². The van der Waals surface area contributed by atoms with Crippen LogP contribution in [0.3, 0.4) is 0 Å². The minimum atomic E-state index is 0.532. The molecule has 2 rings (SSSR count). The highest BCUT2D eigenvalue weighted by molar-refractivity contribution is 5.11. The Kier molecular flexibility index (Phi) is 3.36. The third-order valence-electron chi connectivity index (χ3n) is 5.90. The minimum Gasteiger partial charge on any atom is -0.314 e. The topological polar surface area (TPSA) is 12.0 Å². The molecule has 0 aliphatic heterocycles. The molecule has 0 aromatic heterocycles. The van der Waals surface area contributed by atoms with Crippen molar-refractivity contribution in [2.75, 3.05) is 6.54 Å². The van der Waals surface area contributed by atoms with E-state index in [0.717, 1.165) is 24.3 Å². The van der Waals surface area contributed by atoms with Crippen molar-refractivity contribution in [3.63, 3.8) is 0 Å². The smallest absolute Gasteiger partial charge is 0.0129 e. The summed E-state index contributed by atoms with van der Waals surface area (Å²) in [6, 6.07) is 0.699. The van der Waals surface area contributed by atoms with Gasteiger partial charge in [0.1, 0.15) is 0 Å². The Labute approximate surface area is 108 Å². The lowest BCUT2D eigenvalue weighted by Crippen LogP contribution is -2.51. The maximum atomic E-state index is 3.79. The minimum absolute atomic E-state index is 0.532. The van der Waals surface area contributed by atoms with Gasteiger partial charge in [-0.2, -0.15) is 0 Å². The third kappa shape index (κ3) is 1.95. The summed E-state index contributed by atoms with van der Waals surface area (Å²) in [5.74, 6) is 2.57. The highest BCUT2D eigenvalue weighted by Crippen LogP contribution is 2.67. The van der Waals surface area contributed by atoms with E-state index >= 15 is 0 Å². The first kappa shape index (κ1) is 13.4. The summed E-state index contributed by atoms with van der Waals surface area (Å²) in [6.45, 7) is 15.7. The van der Waals surface area contributed by atoms with Crippen molar-refractivity contribution in [1.29, 1.82) is 0 Å². The van der Waals surface area contributed by atoms with Gasteiger partial charge < -0.3 is 5.32 Å². The fourth-order valence-corrected chi connectivity index (χ4v) is 5.21. The predicted molar refractivity (Wildman–Crippen MR) is 75.0 cm³/mol. The van der Waals surface area contributed by atoms with Gasteiger partial charge in [-0.1, -0.05) is 41.5 Å². The van der Waals surface area contributed by atoms with Gasteiger partial charge in [-0.3, -0.25) is 0 Å². The van der Waals surface area contributed by atoms with Gasteiger partial charge in [0.25, 0.3) is 0 Å². The van der Waals surface area contributed by atoms with Gasteiger partial charge in [-0.15, -0.1) is 0 Å². The summed E-state index contributed by atoms with van der Waals surface area (Å²) in [7, 11) is 0. The van der Waals surface area contributed by atoms with Crippen molar-refractivity contribution >= 4 is 0 Å². The van der Waals surface area contributed by atoms with Crippen LogP contribution in [0.25, 0.3) is 0 Å². The number of hydrogen-bond donors (Lipinski definition) is 1. The van der Waals surface area contributed by atoms with Crippen LogP contribution in [0.4, 0.5) is 0 Å². The van der Waals surface area contributed by atoms with Crippen molar-refractivity contribution in [1.82, 2.24) is 5.32 Å². The van der Waals surface area contributed by atoms with E-state index < -0.39 is 0 Å². The van der Waals surface area contributed by atoms with Crippen LogP contribution >= 0.6 is 0 Å².